The third kappa shape index (κ3) is 3.42. The van der Waals surface area contributed by atoms with Gasteiger partial charge in [0.15, 0.2) is 0 Å². The van der Waals surface area contributed by atoms with Crippen molar-refractivity contribution in [1.82, 2.24) is 5.43 Å². The highest BCUT2D eigenvalue weighted by Crippen LogP contribution is 2.21. The monoisotopic (exact) mass is 307 g/mol. The summed E-state index contributed by atoms with van der Waals surface area (Å²) in [6.45, 7) is 0. The van der Waals surface area contributed by atoms with Crippen molar-refractivity contribution in [2.24, 2.45) is 5.10 Å². The number of carbonyl (C=O) groups excluding carboxylic acids is 1. The zero-order chi connectivity index (χ0) is 16.2. The van der Waals surface area contributed by atoms with Crippen LogP contribution in [-0.2, 0) is 6.42 Å². The van der Waals surface area contributed by atoms with E-state index in [9.17, 15) is 4.79 Å². The van der Waals surface area contributed by atoms with Gasteiger partial charge in [0.25, 0.3) is 5.91 Å². The molecule has 1 aliphatic carbocycles. The van der Waals surface area contributed by atoms with Crippen molar-refractivity contribution >= 4 is 17.3 Å². The normalized spacial score (nSPS) is 15.1. The Balaban J connectivity index is 1.74. The second kappa shape index (κ2) is 6.65. The van der Waals surface area contributed by atoms with Crippen LogP contribution in [0.2, 0.25) is 0 Å². The van der Waals surface area contributed by atoms with Crippen molar-refractivity contribution < 1.29 is 4.79 Å². The van der Waals surface area contributed by atoms with E-state index >= 15 is 0 Å². The molecule has 0 atom stereocenters. The molecule has 1 N–H and O–H groups in total. The summed E-state index contributed by atoms with van der Waals surface area (Å²) in [6.07, 6.45) is 3.05. The van der Waals surface area contributed by atoms with Gasteiger partial charge in [0.1, 0.15) is 0 Å². The van der Waals surface area contributed by atoms with Crippen LogP contribution in [-0.4, -0.2) is 25.7 Å². The Morgan fingerprint density at radius 2 is 1.78 bits per heavy atom. The van der Waals surface area contributed by atoms with Gasteiger partial charge in [0, 0.05) is 30.9 Å². The topological polar surface area (TPSA) is 44.7 Å². The maximum Gasteiger partial charge on any atom is 0.271 e. The van der Waals surface area contributed by atoms with Crippen LogP contribution in [0.3, 0.4) is 0 Å². The van der Waals surface area contributed by atoms with E-state index in [1.165, 1.54) is 5.56 Å². The van der Waals surface area contributed by atoms with Gasteiger partial charge in [0.05, 0.1) is 5.71 Å². The highest BCUT2D eigenvalue weighted by atomic mass is 16.2. The maximum atomic E-state index is 12.2. The van der Waals surface area contributed by atoms with Gasteiger partial charge in [-0.25, -0.2) is 5.43 Å². The van der Waals surface area contributed by atoms with Crippen LogP contribution in [0.5, 0.6) is 0 Å². The predicted octanol–water partition coefficient (Wildman–Crippen LogP) is 3.22. The summed E-state index contributed by atoms with van der Waals surface area (Å²) in [6, 6.07) is 15.8. The minimum atomic E-state index is -0.175. The second-order valence-electron chi connectivity index (χ2n) is 5.95. The highest BCUT2D eigenvalue weighted by Gasteiger charge is 2.15. The van der Waals surface area contributed by atoms with Crippen molar-refractivity contribution in [2.75, 3.05) is 19.0 Å². The first kappa shape index (κ1) is 15.3. The lowest BCUT2D eigenvalue weighted by molar-refractivity contribution is 0.0955. The van der Waals surface area contributed by atoms with E-state index in [1.54, 1.807) is 0 Å². The molecule has 2 aromatic carbocycles. The molecule has 0 aliphatic heterocycles. The molecular weight excluding hydrogens is 286 g/mol. The molecule has 0 heterocycles. The first-order valence-corrected chi connectivity index (χ1v) is 7.88. The Morgan fingerprint density at radius 3 is 2.52 bits per heavy atom. The molecule has 1 aliphatic rings. The largest absolute Gasteiger partial charge is 0.378 e. The van der Waals surface area contributed by atoms with Crippen molar-refractivity contribution in [3.05, 3.63) is 65.2 Å². The molecule has 1 amide bonds. The average molecular weight is 307 g/mol. The first-order valence-electron chi connectivity index (χ1n) is 7.88. The molecule has 4 nitrogen and oxygen atoms in total. The summed E-state index contributed by atoms with van der Waals surface area (Å²) in [5, 5.41) is 4.37. The molecule has 3 rings (SSSR count). The molecule has 0 aromatic heterocycles. The summed E-state index contributed by atoms with van der Waals surface area (Å²) in [5.74, 6) is -0.175. The minimum absolute atomic E-state index is 0.175. The number of benzene rings is 2. The van der Waals surface area contributed by atoms with Crippen molar-refractivity contribution in [3.8, 4) is 0 Å². The SMILES string of the molecule is CN(C)c1ccc(C(=O)NN=C2CCCc3ccccc32)cc1. The fraction of sp³-hybridized carbons (Fsp3) is 0.263. The van der Waals surface area contributed by atoms with Crippen LogP contribution in [0.15, 0.2) is 53.6 Å². The zero-order valence-corrected chi connectivity index (χ0v) is 13.5. The van der Waals surface area contributed by atoms with Crippen LogP contribution >= 0.6 is 0 Å². The van der Waals surface area contributed by atoms with Crippen LogP contribution in [0.1, 0.15) is 34.3 Å². The van der Waals surface area contributed by atoms with Gasteiger partial charge in [-0.1, -0.05) is 24.3 Å². The second-order valence-corrected chi connectivity index (χ2v) is 5.95. The number of rotatable bonds is 3. The predicted molar refractivity (Wildman–Crippen MR) is 94.2 cm³/mol. The Morgan fingerprint density at radius 1 is 1.04 bits per heavy atom. The summed E-state index contributed by atoms with van der Waals surface area (Å²) in [7, 11) is 3.95. The number of hydrogen-bond donors (Lipinski definition) is 1. The molecule has 2 aromatic rings. The minimum Gasteiger partial charge on any atom is -0.378 e. The third-order valence-electron chi connectivity index (χ3n) is 4.13. The fourth-order valence-corrected chi connectivity index (χ4v) is 2.81. The number of hydrazone groups is 1. The van der Waals surface area contributed by atoms with E-state index in [-0.39, 0.29) is 5.91 Å². The van der Waals surface area contributed by atoms with Gasteiger partial charge in [-0.15, -0.1) is 0 Å². The summed E-state index contributed by atoms with van der Waals surface area (Å²) < 4.78 is 0. The number of carbonyl (C=O) groups is 1. The number of aryl methyl sites for hydroxylation is 1. The average Bonchev–Trinajstić information content (AvgIpc) is 2.59. The van der Waals surface area contributed by atoms with E-state index in [0.29, 0.717) is 5.56 Å². The third-order valence-corrected chi connectivity index (χ3v) is 4.13. The van der Waals surface area contributed by atoms with Crippen molar-refractivity contribution in [2.45, 2.75) is 19.3 Å². The Hall–Kier alpha value is -2.62. The Bertz CT molecular complexity index is 733. The number of nitrogens with zero attached hydrogens (tertiary/aromatic N) is 2. The fourth-order valence-electron chi connectivity index (χ4n) is 2.81. The van der Waals surface area contributed by atoms with E-state index < -0.39 is 0 Å². The van der Waals surface area contributed by atoms with Crippen molar-refractivity contribution in [3.63, 3.8) is 0 Å². The molecule has 0 bridgehead atoms. The zero-order valence-electron chi connectivity index (χ0n) is 13.5. The van der Waals surface area contributed by atoms with Gasteiger partial charge in [-0.2, -0.15) is 5.10 Å². The molecule has 0 saturated heterocycles. The van der Waals surface area contributed by atoms with Gasteiger partial charge in [0.2, 0.25) is 0 Å². The lowest BCUT2D eigenvalue weighted by atomic mass is 9.90. The molecule has 23 heavy (non-hydrogen) atoms. The molecule has 0 unspecified atom stereocenters. The Labute approximate surface area is 136 Å². The number of fused-ring (bicyclic) bond motifs is 1. The maximum absolute atomic E-state index is 12.2. The number of hydrogen-bond acceptors (Lipinski definition) is 3. The van der Waals surface area contributed by atoms with E-state index in [2.05, 4.69) is 22.7 Å². The molecule has 118 valence electrons. The van der Waals surface area contributed by atoms with Crippen LogP contribution < -0.4 is 10.3 Å². The van der Waals surface area contributed by atoms with Crippen LogP contribution in [0, 0.1) is 0 Å². The number of anilines is 1. The van der Waals surface area contributed by atoms with E-state index in [1.807, 2.05) is 55.4 Å². The van der Waals surface area contributed by atoms with Crippen molar-refractivity contribution in [1.29, 1.82) is 0 Å². The number of nitrogens with one attached hydrogen (secondary N) is 1. The summed E-state index contributed by atoms with van der Waals surface area (Å²) >= 11 is 0. The Kier molecular flexibility index (Phi) is 4.42. The smallest absolute Gasteiger partial charge is 0.271 e. The first-order chi connectivity index (χ1) is 11.1. The number of amides is 1. The molecular formula is C19H21N3O. The van der Waals surface area contributed by atoms with Gasteiger partial charge >= 0.3 is 0 Å². The van der Waals surface area contributed by atoms with E-state index in [4.69, 9.17) is 0 Å². The summed E-state index contributed by atoms with van der Waals surface area (Å²) in [5.41, 5.74) is 7.80. The molecule has 0 radical (unpaired) electrons. The van der Waals surface area contributed by atoms with Gasteiger partial charge < -0.3 is 4.90 Å². The lowest BCUT2D eigenvalue weighted by Crippen LogP contribution is -2.22. The summed E-state index contributed by atoms with van der Waals surface area (Å²) in [4.78, 5) is 14.2. The molecule has 0 fully saturated rings. The van der Waals surface area contributed by atoms with Gasteiger partial charge in [-0.3, -0.25) is 4.79 Å². The molecule has 4 heteroatoms. The standard InChI is InChI=1S/C19H21N3O/c1-22(2)16-12-10-15(11-13-16)19(23)21-20-18-9-5-7-14-6-3-4-8-17(14)18/h3-4,6,8,10-13H,5,7,9H2,1-2H3,(H,21,23). The van der Waals surface area contributed by atoms with E-state index in [0.717, 1.165) is 36.2 Å². The van der Waals surface area contributed by atoms with Gasteiger partial charge in [-0.05, 0) is 49.1 Å². The quantitative estimate of drug-likeness (QED) is 0.885. The van der Waals surface area contributed by atoms with Crippen LogP contribution in [0.4, 0.5) is 5.69 Å². The van der Waals surface area contributed by atoms with Crippen LogP contribution in [0.25, 0.3) is 0 Å². The molecule has 0 spiro atoms. The lowest BCUT2D eigenvalue weighted by Gasteiger charge is -2.17. The highest BCUT2D eigenvalue weighted by molar-refractivity contribution is 6.04. The molecule has 0 saturated carbocycles.